The number of carboxylic acids is 1. The van der Waals surface area contributed by atoms with Gasteiger partial charge in [-0.1, -0.05) is 13.8 Å². The zero-order chi connectivity index (χ0) is 82.8. The predicted molar refractivity (Wildman–Crippen MR) is 397 cm³/mol. The maximum atomic E-state index is 14.9. The highest BCUT2D eigenvalue weighted by Gasteiger charge is 2.40. The number of anilines is 4. The molecule has 0 bridgehead atoms. The lowest BCUT2D eigenvalue weighted by atomic mass is 9.92. The summed E-state index contributed by atoms with van der Waals surface area (Å²) < 4.78 is 115. The molecule has 4 fully saturated rings. The number of benzene rings is 4. The summed E-state index contributed by atoms with van der Waals surface area (Å²) in [6, 6.07) is 13.8. The van der Waals surface area contributed by atoms with E-state index in [9.17, 15) is 59.5 Å². The molecule has 612 valence electrons. The minimum Gasteiger partial charge on any atom is -0.554 e. The zero-order valence-corrected chi connectivity index (χ0v) is 63.9. The normalized spacial score (nSPS) is 18.5. The quantitative estimate of drug-likeness (QED) is 0.0159. The summed E-state index contributed by atoms with van der Waals surface area (Å²) in [4.78, 5) is 113. The highest BCUT2D eigenvalue weighted by atomic mass is 19.4. The number of aryl methyl sites for hydroxylation is 2. The number of aliphatic carboxylic acids is 1. The van der Waals surface area contributed by atoms with E-state index in [2.05, 4.69) is 76.6 Å². The molecule has 4 saturated heterocycles. The number of halogens is 7. The summed E-state index contributed by atoms with van der Waals surface area (Å²) in [6.07, 6.45) is 7.83. The van der Waals surface area contributed by atoms with Crippen molar-refractivity contribution in [3.05, 3.63) is 143 Å². The van der Waals surface area contributed by atoms with Crippen LogP contribution in [-0.4, -0.2) is 225 Å². The van der Waals surface area contributed by atoms with E-state index in [-0.39, 0.29) is 59.4 Å². The Morgan fingerprint density at radius 3 is 1.25 bits per heavy atom. The molecule has 0 spiro atoms. The second-order valence-corrected chi connectivity index (χ2v) is 28.4. The Morgan fingerprint density at radius 1 is 0.579 bits per heavy atom. The van der Waals surface area contributed by atoms with Crippen LogP contribution in [0.3, 0.4) is 0 Å². The molecular weight excluding hydrogens is 1510 g/mol. The third-order valence-electron chi connectivity index (χ3n) is 20.6. The van der Waals surface area contributed by atoms with Crippen LogP contribution < -0.4 is 62.2 Å². The van der Waals surface area contributed by atoms with Crippen LogP contribution in [0.4, 0.5) is 53.7 Å². The number of nitrogens with zero attached hydrogens (tertiary/aromatic N) is 8. The van der Waals surface area contributed by atoms with Crippen molar-refractivity contribution in [2.24, 2.45) is 23.7 Å². The second kappa shape index (κ2) is 38.8. The van der Waals surface area contributed by atoms with Gasteiger partial charge in [0.1, 0.15) is 18.1 Å². The zero-order valence-electron chi connectivity index (χ0n) is 63.9. The van der Waals surface area contributed by atoms with E-state index in [1.807, 2.05) is 13.8 Å². The smallest absolute Gasteiger partial charge is 0.430 e. The Hall–Kier alpha value is -11.6. The van der Waals surface area contributed by atoms with Crippen molar-refractivity contribution in [2.45, 2.75) is 70.6 Å². The lowest BCUT2D eigenvalue weighted by Gasteiger charge is -2.44. The molecule has 4 aromatic heterocycles. The number of fused-ring (bicyclic) bond motifs is 2. The number of ether oxygens (including phenoxy) is 4. The number of aromatic nitrogens is 6. The number of carbonyl (C=O) groups excluding carboxylic acids is 8. The lowest BCUT2D eigenvalue weighted by molar-refractivity contribution is -0.918. The van der Waals surface area contributed by atoms with Crippen LogP contribution in [-0.2, 0) is 51.1 Å². The van der Waals surface area contributed by atoms with E-state index < -0.39 is 77.7 Å². The van der Waals surface area contributed by atoms with Crippen molar-refractivity contribution in [3.8, 4) is 34.0 Å². The Balaban J connectivity index is 0.000000233. The number of alkyl halides is 3. The topological polar surface area (TPSA) is 376 Å². The van der Waals surface area contributed by atoms with Gasteiger partial charge in [0.15, 0.2) is 46.1 Å². The number of imidazole rings is 2. The van der Waals surface area contributed by atoms with Gasteiger partial charge in [-0.3, -0.25) is 28.0 Å². The van der Waals surface area contributed by atoms with E-state index in [1.165, 1.54) is 77.5 Å². The molecule has 114 heavy (non-hydrogen) atoms. The molecular formula is C77H91F7N16O14. The maximum Gasteiger partial charge on any atom is 0.430 e. The summed E-state index contributed by atoms with van der Waals surface area (Å²) in [7, 11) is 9.52. The van der Waals surface area contributed by atoms with Crippen LogP contribution >= 0.6 is 0 Å². The van der Waals surface area contributed by atoms with Gasteiger partial charge in [-0.2, -0.15) is 22.0 Å². The highest BCUT2D eigenvalue weighted by molar-refractivity contribution is 5.98. The van der Waals surface area contributed by atoms with E-state index in [0.717, 1.165) is 100 Å². The molecule has 4 aliphatic rings. The molecule has 4 aliphatic heterocycles. The molecule has 8 aromatic rings. The van der Waals surface area contributed by atoms with E-state index in [4.69, 9.17) is 38.7 Å². The number of amides is 4. The fraction of sp³-hybridized carbons (Fsp3) is 0.429. The largest absolute Gasteiger partial charge is 0.554 e. The van der Waals surface area contributed by atoms with Crippen molar-refractivity contribution in [3.63, 3.8) is 0 Å². The summed E-state index contributed by atoms with van der Waals surface area (Å²) >= 11 is 0. The van der Waals surface area contributed by atoms with Gasteiger partial charge in [0, 0.05) is 154 Å². The van der Waals surface area contributed by atoms with Crippen LogP contribution in [0.5, 0.6) is 11.5 Å². The summed E-state index contributed by atoms with van der Waals surface area (Å²) in [5, 5.41) is 41.3. The van der Waals surface area contributed by atoms with Crippen molar-refractivity contribution in [2.75, 3.05) is 132 Å². The number of rotatable bonds is 26. The summed E-state index contributed by atoms with van der Waals surface area (Å²) in [5.41, 5.74) is 4.87. The average molecular weight is 1600 g/mol. The number of esters is 2. The first-order chi connectivity index (χ1) is 54.4. The summed E-state index contributed by atoms with van der Waals surface area (Å²) in [5.74, 6) is -8.56. The summed E-state index contributed by atoms with van der Waals surface area (Å²) in [6.45, 7) is 13.1. The molecule has 8 N–H and O–H groups in total. The first-order valence-electron chi connectivity index (χ1n) is 36.7. The molecule has 12 rings (SSSR count). The van der Waals surface area contributed by atoms with Gasteiger partial charge in [-0.25, -0.2) is 38.3 Å². The molecule has 0 aliphatic carbocycles. The van der Waals surface area contributed by atoms with Gasteiger partial charge >= 0.3 is 18.1 Å². The Labute approximate surface area is 651 Å². The number of hydrogen-bond acceptors (Lipinski definition) is 22. The number of likely N-dealkylation sites (tertiary alicyclic amines) is 2. The van der Waals surface area contributed by atoms with Crippen molar-refractivity contribution >= 4 is 82.3 Å². The third kappa shape index (κ3) is 21.2. The molecule has 8 heterocycles. The Bertz CT molecular complexity index is 4490. The number of carboxylic acid groups (broad SMARTS) is 2. The number of methoxy groups -OCH3 is 4. The monoisotopic (exact) mass is 1600 g/mol. The maximum absolute atomic E-state index is 14.9. The van der Waals surface area contributed by atoms with E-state index >= 15 is 0 Å². The van der Waals surface area contributed by atoms with Crippen LogP contribution in [0.15, 0.2) is 97.8 Å². The standard InChI is InChI=1S/2C37H44F2N8O5.C2HF3O2.CH2O2/c2*1-5-23-16-25(44-33-34-42-20-29(46(34)13-12-41-33)27-8-9-30(51-3)32(39)31(27)38)6-7-26(23)36(49)43-19-28(37(50)52-4)45-35(48)24-10-14-47(2,15-11-24)21-22-17-40-18-22;3-2(4,5)1(6)7;2-1-3/h2*6-9,12-13,16,20,22,24,28,40H,5,10-11,14-15,17-19,21H2,1-4H3,(H2-,41,43,44,45,48,49);(H,6,7);1H,(H,2,3)/t2*24?,28-,47?;;/m00../s1. The van der Waals surface area contributed by atoms with Crippen LogP contribution in [0, 0.1) is 46.9 Å². The van der Waals surface area contributed by atoms with Gasteiger partial charge in [0.25, 0.3) is 11.8 Å². The van der Waals surface area contributed by atoms with E-state index in [0.29, 0.717) is 92.6 Å². The number of quaternary nitrogens is 2. The average Bonchev–Trinajstić information content (AvgIpc) is 1.66. The number of nitrogens with one attached hydrogen (secondary N) is 8. The lowest BCUT2D eigenvalue weighted by Crippen LogP contribution is -2.59. The Morgan fingerprint density at radius 2 is 0.939 bits per heavy atom. The van der Waals surface area contributed by atoms with Gasteiger partial charge in [-0.05, 0) is 84.6 Å². The molecule has 0 unspecified atom stereocenters. The first kappa shape index (κ1) is 86.4. The predicted octanol–water partition coefficient (Wildman–Crippen LogP) is 4.57. The van der Waals surface area contributed by atoms with E-state index in [1.54, 1.807) is 57.6 Å². The second-order valence-electron chi connectivity index (χ2n) is 28.4. The van der Waals surface area contributed by atoms with Gasteiger partial charge < -0.3 is 90.2 Å². The minimum atomic E-state index is -5.19. The Kier molecular flexibility index (Phi) is 29.4. The number of piperidine rings is 2. The highest BCUT2D eigenvalue weighted by Crippen LogP contribution is 2.35. The van der Waals surface area contributed by atoms with Crippen molar-refractivity contribution in [1.29, 1.82) is 0 Å². The van der Waals surface area contributed by atoms with Gasteiger partial charge in [0.2, 0.25) is 23.4 Å². The van der Waals surface area contributed by atoms with Gasteiger partial charge in [0.05, 0.1) is 106 Å². The fourth-order valence-corrected chi connectivity index (χ4v) is 14.1. The molecule has 37 heteroatoms. The van der Waals surface area contributed by atoms with Crippen LogP contribution in [0.2, 0.25) is 0 Å². The molecule has 0 radical (unpaired) electrons. The van der Waals surface area contributed by atoms with Crippen molar-refractivity contribution < 1.29 is 107 Å². The SMILES string of the molecule is CCc1cc(Nc2nccn3c(-c4ccc(OC)c(F)c4F)cnc23)ccc1C(=O)NC[C@H](NC(=O)C1CC[N+](C)(CC2CNC2)CC1)C(=O)OC.CCc1cc(Nc2nccn3c(-c4ccc(OC)c(F)c4F)cnc23)ccc1C(=O)NC[C@H](NC(=O)C1CC[N+](C)(CC2CNC2)CC1)C(=O)OC.O=C([O-])C(F)(F)F.O=C[O-]. The van der Waals surface area contributed by atoms with Crippen LogP contribution in [0.1, 0.15) is 71.4 Å². The molecule has 0 saturated carbocycles. The fourth-order valence-electron chi connectivity index (χ4n) is 14.1. The third-order valence-corrected chi connectivity index (χ3v) is 20.6. The van der Waals surface area contributed by atoms with Gasteiger partial charge in [-0.15, -0.1) is 0 Å². The molecule has 4 amide bonds. The molecule has 30 nitrogen and oxygen atoms in total. The number of hydrogen-bond donors (Lipinski definition) is 8. The first-order valence-corrected chi connectivity index (χ1v) is 36.7. The molecule has 4 aromatic carbocycles. The minimum absolute atomic E-state index is 0.00836. The molecule has 2 atom stereocenters. The number of carbonyl (C=O) groups is 8. The van der Waals surface area contributed by atoms with Crippen molar-refractivity contribution in [1.82, 2.24) is 60.6 Å². The van der Waals surface area contributed by atoms with Crippen LogP contribution in [0.25, 0.3) is 33.8 Å².